The van der Waals surface area contributed by atoms with E-state index < -0.39 is 23.2 Å². The molecule has 10 heteroatoms. The first-order valence-electron chi connectivity index (χ1n) is 8.23. The van der Waals surface area contributed by atoms with Gasteiger partial charge in [0, 0.05) is 19.0 Å². The molecule has 1 aromatic heterocycles. The highest BCUT2D eigenvalue weighted by molar-refractivity contribution is 6.29. The van der Waals surface area contributed by atoms with E-state index in [0.29, 0.717) is 18.7 Å². The van der Waals surface area contributed by atoms with Gasteiger partial charge in [0.1, 0.15) is 11.4 Å². The topological polar surface area (TPSA) is 70.0 Å². The number of pyridine rings is 1. The predicted molar refractivity (Wildman–Crippen MR) is 99.3 cm³/mol. The van der Waals surface area contributed by atoms with Crippen molar-refractivity contribution in [3.8, 4) is 5.75 Å². The minimum Gasteiger partial charge on any atom is -0.488 e. The predicted octanol–water partition coefficient (Wildman–Crippen LogP) is 5.08. The van der Waals surface area contributed by atoms with Gasteiger partial charge in [-0.2, -0.15) is 13.2 Å². The summed E-state index contributed by atoms with van der Waals surface area (Å²) in [5.41, 5.74) is -1.17. The van der Waals surface area contributed by atoms with E-state index in [9.17, 15) is 17.6 Å². The lowest BCUT2D eigenvalue weighted by atomic mass is 10.1. The molecule has 0 fully saturated rings. The van der Waals surface area contributed by atoms with E-state index in [4.69, 9.17) is 21.7 Å². The molecule has 0 saturated carbocycles. The lowest BCUT2D eigenvalue weighted by molar-refractivity contribution is -0.137. The van der Waals surface area contributed by atoms with Gasteiger partial charge in [-0.1, -0.05) is 11.6 Å². The summed E-state index contributed by atoms with van der Waals surface area (Å²) >= 11 is 5.50. The first kappa shape index (κ1) is 21.7. The summed E-state index contributed by atoms with van der Waals surface area (Å²) < 4.78 is 56.8. The maximum absolute atomic E-state index is 13.3. The second-order valence-corrected chi connectivity index (χ2v) is 6.92. The lowest BCUT2D eigenvalue weighted by Crippen LogP contribution is -2.37. The zero-order valence-corrected chi connectivity index (χ0v) is 15.9. The lowest BCUT2D eigenvalue weighted by Gasteiger charge is -2.27. The normalized spacial score (nSPS) is 11.8. The third kappa shape index (κ3) is 6.56. The molecule has 3 N–H and O–H groups in total. The summed E-state index contributed by atoms with van der Waals surface area (Å²) in [5, 5.41) is 13.0. The van der Waals surface area contributed by atoms with Crippen LogP contribution in [0.25, 0.3) is 0 Å². The Labute approximate surface area is 164 Å². The van der Waals surface area contributed by atoms with Gasteiger partial charge in [0.05, 0.1) is 17.4 Å². The van der Waals surface area contributed by atoms with Gasteiger partial charge in [0.25, 0.3) is 0 Å². The number of anilines is 1. The molecule has 28 heavy (non-hydrogen) atoms. The molecule has 1 heterocycles. The smallest absolute Gasteiger partial charge is 0.416 e. The molecule has 0 aliphatic rings. The van der Waals surface area contributed by atoms with Crippen molar-refractivity contribution >= 4 is 23.2 Å². The molecule has 5 nitrogen and oxygen atoms in total. The maximum atomic E-state index is 13.3. The highest BCUT2D eigenvalue weighted by Gasteiger charge is 2.30. The van der Waals surface area contributed by atoms with Crippen LogP contribution in [-0.2, 0) is 6.18 Å². The second kappa shape index (κ2) is 8.64. The maximum Gasteiger partial charge on any atom is 0.416 e. The van der Waals surface area contributed by atoms with Crippen molar-refractivity contribution in [3.63, 3.8) is 0 Å². The van der Waals surface area contributed by atoms with Crippen LogP contribution in [0.2, 0.25) is 5.15 Å². The Morgan fingerprint density at radius 1 is 1.21 bits per heavy atom. The average Bonchev–Trinajstić information content (AvgIpc) is 2.57. The Morgan fingerprint density at radius 3 is 2.43 bits per heavy atom. The number of guanidine groups is 1. The highest BCUT2D eigenvalue weighted by Crippen LogP contribution is 2.31. The third-order valence-corrected chi connectivity index (χ3v) is 3.95. The highest BCUT2D eigenvalue weighted by atomic mass is 35.5. The number of hydrogen-bond acceptors (Lipinski definition) is 3. The first-order chi connectivity index (χ1) is 13.0. The molecule has 0 atom stereocenters. The molecule has 0 amide bonds. The molecule has 2 rings (SSSR count). The molecule has 0 saturated heterocycles. The monoisotopic (exact) mass is 418 g/mol. The largest absolute Gasteiger partial charge is 0.488 e. The molecule has 152 valence electrons. The summed E-state index contributed by atoms with van der Waals surface area (Å²) in [7, 11) is 0. The van der Waals surface area contributed by atoms with E-state index in [0.717, 1.165) is 18.2 Å². The van der Waals surface area contributed by atoms with Crippen molar-refractivity contribution < 1.29 is 22.3 Å². The fraction of sp³-hybridized carbons (Fsp3) is 0.333. The van der Waals surface area contributed by atoms with Crippen LogP contribution in [0.15, 0.2) is 36.5 Å². The number of halogens is 5. The number of nitrogens with one attached hydrogen (secondary N) is 3. The van der Waals surface area contributed by atoms with Gasteiger partial charge in [-0.15, -0.1) is 0 Å². The fourth-order valence-corrected chi connectivity index (χ4v) is 2.35. The van der Waals surface area contributed by atoms with Gasteiger partial charge in [-0.3, -0.25) is 5.41 Å². The Balaban J connectivity index is 1.82. The number of nitrogens with zero attached hydrogens (tertiary/aromatic N) is 1. The number of ether oxygens (including phenoxy) is 1. The first-order valence-corrected chi connectivity index (χ1v) is 8.61. The minimum absolute atomic E-state index is 0.0751. The zero-order valence-electron chi connectivity index (χ0n) is 15.1. The van der Waals surface area contributed by atoms with Gasteiger partial charge in [0.2, 0.25) is 0 Å². The van der Waals surface area contributed by atoms with Crippen LogP contribution in [0.4, 0.5) is 23.2 Å². The summed E-state index contributed by atoms with van der Waals surface area (Å²) in [6.07, 6.45) is -2.65. The van der Waals surface area contributed by atoms with Crippen LogP contribution >= 0.6 is 11.6 Å². The average molecular weight is 419 g/mol. The van der Waals surface area contributed by atoms with Crippen LogP contribution in [0, 0.1) is 11.2 Å². The van der Waals surface area contributed by atoms with Crippen LogP contribution < -0.4 is 15.4 Å². The van der Waals surface area contributed by atoms with Crippen LogP contribution in [0.1, 0.15) is 25.8 Å². The third-order valence-electron chi connectivity index (χ3n) is 3.67. The standard InChI is InChI=1S/C18H19ClF4N4O/c1-17(2,28-13-5-3-11(4-6-13)18(21,22)23)7-8-25-16(24)27-12-9-14(20)15(19)26-10-12/h3-6,9-10H,7-8H2,1-2H3,(H3,24,25,27). The van der Waals surface area contributed by atoms with E-state index in [2.05, 4.69) is 15.6 Å². The quantitative estimate of drug-likeness (QED) is 0.265. The van der Waals surface area contributed by atoms with Crippen molar-refractivity contribution in [3.05, 3.63) is 53.1 Å². The summed E-state index contributed by atoms with van der Waals surface area (Å²) in [6.45, 7) is 3.90. The number of hydrogen-bond donors (Lipinski definition) is 3. The Morgan fingerprint density at radius 2 is 1.86 bits per heavy atom. The summed E-state index contributed by atoms with van der Waals surface area (Å²) in [4.78, 5) is 3.63. The molecule has 1 aromatic carbocycles. The van der Waals surface area contributed by atoms with Crippen LogP contribution in [-0.4, -0.2) is 23.1 Å². The van der Waals surface area contributed by atoms with Gasteiger partial charge in [0.15, 0.2) is 16.9 Å². The Kier molecular flexibility index (Phi) is 6.71. The molecular formula is C18H19ClF4N4O. The van der Waals surface area contributed by atoms with Gasteiger partial charge >= 0.3 is 6.18 Å². The molecule has 0 unspecified atom stereocenters. The second-order valence-electron chi connectivity index (χ2n) is 6.56. The Hall–Kier alpha value is -2.55. The molecule has 0 radical (unpaired) electrons. The number of benzene rings is 1. The van der Waals surface area contributed by atoms with Crippen molar-refractivity contribution in [2.45, 2.75) is 32.0 Å². The summed E-state index contributed by atoms with van der Waals surface area (Å²) in [5.74, 6) is -0.465. The molecule has 0 spiro atoms. The molecule has 0 bridgehead atoms. The minimum atomic E-state index is -4.39. The van der Waals surface area contributed by atoms with E-state index in [1.54, 1.807) is 13.8 Å². The van der Waals surface area contributed by atoms with Crippen molar-refractivity contribution in [1.82, 2.24) is 10.3 Å². The fourth-order valence-electron chi connectivity index (χ4n) is 2.25. The SMILES string of the molecule is CC(C)(CCNC(=N)Nc1cnc(Cl)c(F)c1)Oc1ccc(C(F)(F)F)cc1. The number of aromatic nitrogens is 1. The number of alkyl halides is 3. The van der Waals surface area contributed by atoms with Crippen molar-refractivity contribution in [2.24, 2.45) is 0 Å². The van der Waals surface area contributed by atoms with Gasteiger partial charge < -0.3 is 15.4 Å². The van der Waals surface area contributed by atoms with E-state index in [-0.39, 0.29) is 16.8 Å². The van der Waals surface area contributed by atoms with Crippen molar-refractivity contribution in [2.75, 3.05) is 11.9 Å². The van der Waals surface area contributed by atoms with Crippen LogP contribution in [0.5, 0.6) is 5.75 Å². The van der Waals surface area contributed by atoms with Crippen LogP contribution in [0.3, 0.4) is 0 Å². The molecule has 0 aliphatic heterocycles. The zero-order chi connectivity index (χ0) is 20.9. The van der Waals surface area contributed by atoms with E-state index in [1.165, 1.54) is 18.3 Å². The van der Waals surface area contributed by atoms with Gasteiger partial charge in [-0.25, -0.2) is 9.37 Å². The molecular weight excluding hydrogens is 400 g/mol. The van der Waals surface area contributed by atoms with E-state index in [1.807, 2.05) is 0 Å². The van der Waals surface area contributed by atoms with Crippen molar-refractivity contribution in [1.29, 1.82) is 5.41 Å². The van der Waals surface area contributed by atoms with E-state index >= 15 is 0 Å². The summed E-state index contributed by atoms with van der Waals surface area (Å²) in [6, 6.07) is 5.57. The van der Waals surface area contributed by atoms with Gasteiger partial charge in [-0.05, 0) is 38.1 Å². The Bertz CT molecular complexity index is 825. The number of rotatable bonds is 6. The molecule has 2 aromatic rings. The molecule has 0 aliphatic carbocycles.